The molecule has 1 heterocycles. The molecular weight excluding hydrogens is 338 g/mol. The maximum absolute atomic E-state index is 12.6. The number of aliphatic carboxylic acids is 1. The minimum atomic E-state index is -1.08. The van der Waals surface area contributed by atoms with Crippen molar-refractivity contribution in [2.75, 3.05) is 0 Å². The van der Waals surface area contributed by atoms with E-state index in [1.165, 1.54) is 0 Å². The molecule has 8 nitrogen and oxygen atoms in total. The first-order valence-electron chi connectivity index (χ1n) is 8.54. The highest BCUT2D eigenvalue weighted by Crippen LogP contribution is 2.22. The van der Waals surface area contributed by atoms with Gasteiger partial charge in [0.2, 0.25) is 5.91 Å². The third-order valence-corrected chi connectivity index (χ3v) is 4.30. The standard InChI is InChI=1S/C18H23N3O5/c1-18(12-11-13-7-3-2-4-8-13)16(25)21(17(26)19-18)20-14(22)9-5-6-10-15(23)24/h2-4,7-8H,5-6,9-12H2,1H3,(H,19,26)(H,20,22)(H,23,24). The van der Waals surface area contributed by atoms with Crippen LogP contribution < -0.4 is 10.7 Å². The van der Waals surface area contributed by atoms with E-state index >= 15 is 0 Å². The normalized spacial score (nSPS) is 19.3. The number of amides is 4. The predicted molar refractivity (Wildman–Crippen MR) is 92.8 cm³/mol. The number of hydrogen-bond acceptors (Lipinski definition) is 4. The first-order chi connectivity index (χ1) is 12.3. The maximum Gasteiger partial charge on any atom is 0.344 e. The Kier molecular flexibility index (Phi) is 6.32. The molecule has 0 radical (unpaired) electrons. The molecule has 26 heavy (non-hydrogen) atoms. The van der Waals surface area contributed by atoms with Crippen LogP contribution in [0.15, 0.2) is 30.3 Å². The molecule has 1 aliphatic heterocycles. The van der Waals surface area contributed by atoms with E-state index in [0.29, 0.717) is 30.7 Å². The van der Waals surface area contributed by atoms with Gasteiger partial charge < -0.3 is 10.4 Å². The van der Waals surface area contributed by atoms with E-state index in [9.17, 15) is 19.2 Å². The summed E-state index contributed by atoms with van der Waals surface area (Å²) in [5, 5.41) is 11.9. The van der Waals surface area contributed by atoms with Gasteiger partial charge in [-0.15, -0.1) is 0 Å². The number of aryl methyl sites for hydroxylation is 1. The van der Waals surface area contributed by atoms with Crippen LogP contribution in [-0.4, -0.2) is 39.5 Å². The van der Waals surface area contributed by atoms with E-state index in [4.69, 9.17) is 5.11 Å². The van der Waals surface area contributed by atoms with Crippen molar-refractivity contribution in [3.05, 3.63) is 35.9 Å². The molecule has 1 atom stereocenters. The lowest BCUT2D eigenvalue weighted by Gasteiger charge is -2.21. The average Bonchev–Trinajstić information content (AvgIpc) is 2.81. The molecule has 1 saturated heterocycles. The van der Waals surface area contributed by atoms with Gasteiger partial charge in [-0.05, 0) is 38.2 Å². The number of imide groups is 1. The highest BCUT2D eigenvalue weighted by Gasteiger charge is 2.48. The van der Waals surface area contributed by atoms with Gasteiger partial charge in [0.25, 0.3) is 5.91 Å². The minimum absolute atomic E-state index is 0.0199. The quantitative estimate of drug-likeness (QED) is 0.456. The second-order valence-corrected chi connectivity index (χ2v) is 6.52. The van der Waals surface area contributed by atoms with Crippen LogP contribution in [0.2, 0.25) is 0 Å². The number of nitrogens with zero attached hydrogens (tertiary/aromatic N) is 1. The molecule has 0 aromatic heterocycles. The minimum Gasteiger partial charge on any atom is -0.481 e. The highest BCUT2D eigenvalue weighted by molar-refractivity contribution is 6.07. The molecule has 3 N–H and O–H groups in total. The summed E-state index contributed by atoms with van der Waals surface area (Å²) in [5.74, 6) is -1.92. The summed E-state index contributed by atoms with van der Waals surface area (Å²) >= 11 is 0. The monoisotopic (exact) mass is 361 g/mol. The van der Waals surface area contributed by atoms with Crippen molar-refractivity contribution in [2.24, 2.45) is 0 Å². The Morgan fingerprint density at radius 1 is 1.15 bits per heavy atom. The number of hydrazine groups is 1. The Labute approximate surface area is 151 Å². The van der Waals surface area contributed by atoms with E-state index in [1.807, 2.05) is 30.3 Å². The summed E-state index contributed by atoms with van der Waals surface area (Å²) in [6.45, 7) is 1.63. The van der Waals surface area contributed by atoms with Crippen LogP contribution in [0.4, 0.5) is 4.79 Å². The van der Waals surface area contributed by atoms with Gasteiger partial charge in [-0.2, -0.15) is 5.01 Å². The largest absolute Gasteiger partial charge is 0.481 e. The summed E-state index contributed by atoms with van der Waals surface area (Å²) in [6.07, 6.45) is 1.77. The molecular formula is C18H23N3O5. The van der Waals surface area contributed by atoms with E-state index in [-0.39, 0.29) is 12.8 Å². The topological polar surface area (TPSA) is 116 Å². The molecule has 1 aromatic rings. The Hall–Kier alpha value is -2.90. The third kappa shape index (κ3) is 5.05. The van der Waals surface area contributed by atoms with Crippen molar-refractivity contribution < 1.29 is 24.3 Å². The van der Waals surface area contributed by atoms with E-state index in [0.717, 1.165) is 5.56 Å². The number of carbonyl (C=O) groups is 4. The van der Waals surface area contributed by atoms with E-state index in [1.54, 1.807) is 6.92 Å². The van der Waals surface area contributed by atoms with Gasteiger partial charge in [-0.1, -0.05) is 30.3 Å². The second kappa shape index (κ2) is 8.46. The highest BCUT2D eigenvalue weighted by atomic mass is 16.4. The zero-order valence-electron chi connectivity index (χ0n) is 14.7. The van der Waals surface area contributed by atoms with Crippen LogP contribution >= 0.6 is 0 Å². The van der Waals surface area contributed by atoms with E-state index in [2.05, 4.69) is 10.7 Å². The molecule has 0 aliphatic carbocycles. The molecule has 1 aliphatic rings. The second-order valence-electron chi connectivity index (χ2n) is 6.52. The van der Waals surface area contributed by atoms with E-state index < -0.39 is 29.4 Å². The number of benzene rings is 1. The van der Waals surface area contributed by atoms with Crippen molar-refractivity contribution in [2.45, 2.75) is 51.0 Å². The lowest BCUT2D eigenvalue weighted by Crippen LogP contribution is -2.48. The summed E-state index contributed by atoms with van der Waals surface area (Å²) < 4.78 is 0. The van der Waals surface area contributed by atoms with Crippen LogP contribution in [0, 0.1) is 0 Å². The number of hydrogen-bond donors (Lipinski definition) is 3. The van der Waals surface area contributed by atoms with Crippen LogP contribution in [0.5, 0.6) is 0 Å². The lowest BCUT2D eigenvalue weighted by molar-refractivity contribution is -0.139. The van der Waals surface area contributed by atoms with Gasteiger partial charge in [0.1, 0.15) is 5.54 Å². The summed E-state index contributed by atoms with van der Waals surface area (Å²) in [5.41, 5.74) is 2.28. The van der Waals surface area contributed by atoms with Gasteiger partial charge in [-0.25, -0.2) is 4.79 Å². The fourth-order valence-corrected chi connectivity index (χ4v) is 2.74. The van der Waals surface area contributed by atoms with Crippen molar-refractivity contribution in [3.8, 4) is 0 Å². The first-order valence-corrected chi connectivity index (χ1v) is 8.54. The number of nitrogens with one attached hydrogen (secondary N) is 2. The Balaban J connectivity index is 1.86. The number of urea groups is 1. The lowest BCUT2D eigenvalue weighted by atomic mass is 9.93. The van der Waals surface area contributed by atoms with Crippen LogP contribution in [0.3, 0.4) is 0 Å². The molecule has 140 valence electrons. The van der Waals surface area contributed by atoms with Gasteiger partial charge in [-0.3, -0.25) is 19.8 Å². The van der Waals surface area contributed by atoms with Crippen molar-refractivity contribution in [1.82, 2.24) is 15.8 Å². The maximum atomic E-state index is 12.6. The van der Waals surface area contributed by atoms with Crippen LogP contribution in [0.1, 0.15) is 44.6 Å². The predicted octanol–water partition coefficient (Wildman–Crippen LogP) is 1.61. The smallest absolute Gasteiger partial charge is 0.344 e. The van der Waals surface area contributed by atoms with Gasteiger partial charge in [0, 0.05) is 12.8 Å². The molecule has 8 heteroatoms. The van der Waals surface area contributed by atoms with Crippen LogP contribution in [-0.2, 0) is 20.8 Å². The van der Waals surface area contributed by atoms with Gasteiger partial charge in [0.15, 0.2) is 0 Å². The van der Waals surface area contributed by atoms with Crippen molar-refractivity contribution in [1.29, 1.82) is 0 Å². The SMILES string of the molecule is CC1(CCc2ccccc2)NC(=O)N(NC(=O)CCCCC(=O)O)C1=O. The molecule has 0 bridgehead atoms. The average molecular weight is 361 g/mol. The zero-order valence-corrected chi connectivity index (χ0v) is 14.7. The molecule has 4 amide bonds. The molecule has 1 fully saturated rings. The van der Waals surface area contributed by atoms with Crippen molar-refractivity contribution in [3.63, 3.8) is 0 Å². The molecule has 1 unspecified atom stereocenters. The Bertz CT molecular complexity index is 691. The molecule has 1 aromatic carbocycles. The number of carbonyl (C=O) groups excluding carboxylic acids is 3. The molecule has 0 spiro atoms. The van der Waals surface area contributed by atoms with Gasteiger partial charge in [0.05, 0.1) is 0 Å². The third-order valence-electron chi connectivity index (χ3n) is 4.30. The number of carboxylic acids is 1. The molecule has 0 saturated carbocycles. The molecule has 2 rings (SSSR count). The summed E-state index contributed by atoms with van der Waals surface area (Å²) in [6, 6.07) is 8.95. The van der Waals surface area contributed by atoms with Crippen molar-refractivity contribution >= 4 is 23.8 Å². The Morgan fingerprint density at radius 2 is 1.81 bits per heavy atom. The number of carboxylic acid groups (broad SMARTS) is 1. The van der Waals surface area contributed by atoms with Gasteiger partial charge >= 0.3 is 12.0 Å². The number of unbranched alkanes of at least 4 members (excludes halogenated alkanes) is 1. The fourth-order valence-electron chi connectivity index (χ4n) is 2.74. The van der Waals surface area contributed by atoms with Crippen LogP contribution in [0.25, 0.3) is 0 Å². The summed E-state index contributed by atoms with van der Waals surface area (Å²) in [7, 11) is 0. The fraction of sp³-hybridized carbons (Fsp3) is 0.444. The Morgan fingerprint density at radius 3 is 2.46 bits per heavy atom. The zero-order chi connectivity index (χ0) is 19.2. The number of rotatable bonds is 9. The summed E-state index contributed by atoms with van der Waals surface area (Å²) in [4.78, 5) is 47.0. The first kappa shape index (κ1) is 19.4.